The average molecular weight is 482 g/mol. The van der Waals surface area contributed by atoms with Crippen molar-refractivity contribution in [2.24, 2.45) is 19.2 Å². The molecule has 11 nitrogen and oxygen atoms in total. The second-order valence-electron chi connectivity index (χ2n) is 7.61. The first kappa shape index (κ1) is 22.9. The van der Waals surface area contributed by atoms with E-state index in [0.29, 0.717) is 16.3 Å². The molecule has 12 heteroatoms. The maximum absolute atomic E-state index is 13.0. The lowest BCUT2D eigenvalue weighted by Gasteiger charge is -2.11. The number of anilines is 1. The first-order valence-corrected chi connectivity index (χ1v) is 10.5. The monoisotopic (exact) mass is 481 g/mol. The molecule has 0 amide bonds. The first-order valence-electron chi connectivity index (χ1n) is 10.1. The number of non-ortho nitro benzene ring substituents is 1. The Hall–Kier alpha value is -4.25. The summed E-state index contributed by atoms with van der Waals surface area (Å²) in [4.78, 5) is 40.5. The molecule has 2 aromatic heterocycles. The van der Waals surface area contributed by atoms with Gasteiger partial charge < -0.3 is 0 Å². The minimum atomic E-state index is -0.511. The van der Waals surface area contributed by atoms with E-state index in [1.807, 2.05) is 12.1 Å². The third-order valence-electron chi connectivity index (χ3n) is 5.43. The zero-order chi connectivity index (χ0) is 24.6. The zero-order valence-electron chi connectivity index (χ0n) is 18.5. The number of hydrogen-bond donors (Lipinski definition) is 1. The lowest BCUT2D eigenvalue weighted by molar-refractivity contribution is -0.384. The van der Waals surface area contributed by atoms with Crippen molar-refractivity contribution in [2.45, 2.75) is 13.5 Å². The molecule has 2 aromatic carbocycles. The molecule has 4 aromatic rings. The summed E-state index contributed by atoms with van der Waals surface area (Å²) in [5.41, 5.74) is 3.89. The lowest BCUT2D eigenvalue weighted by Crippen LogP contribution is -2.37. The van der Waals surface area contributed by atoms with E-state index >= 15 is 0 Å². The van der Waals surface area contributed by atoms with E-state index in [1.54, 1.807) is 35.8 Å². The summed E-state index contributed by atoms with van der Waals surface area (Å²) in [6, 6.07) is 13.2. The number of hydrogen-bond acceptors (Lipinski definition) is 7. The van der Waals surface area contributed by atoms with Crippen molar-refractivity contribution < 1.29 is 4.92 Å². The van der Waals surface area contributed by atoms with Gasteiger partial charge in [-0.2, -0.15) is 10.1 Å². The molecule has 0 aliphatic heterocycles. The highest BCUT2D eigenvalue weighted by molar-refractivity contribution is 6.31. The second kappa shape index (κ2) is 8.94. The summed E-state index contributed by atoms with van der Waals surface area (Å²) < 4.78 is 3.89. The number of nitrogens with one attached hydrogen (secondary N) is 1. The van der Waals surface area contributed by atoms with Gasteiger partial charge in [-0.3, -0.25) is 28.6 Å². The number of fused-ring (bicyclic) bond motifs is 1. The smallest absolute Gasteiger partial charge is 0.298 e. The van der Waals surface area contributed by atoms with Gasteiger partial charge >= 0.3 is 5.69 Å². The maximum atomic E-state index is 13.0. The second-order valence-corrected chi connectivity index (χ2v) is 8.01. The van der Waals surface area contributed by atoms with Crippen LogP contribution >= 0.6 is 11.6 Å². The largest absolute Gasteiger partial charge is 0.332 e. The van der Waals surface area contributed by atoms with Crippen LogP contribution in [0.1, 0.15) is 18.1 Å². The molecule has 4 rings (SSSR count). The molecular formula is C22H20ClN7O4. The molecule has 0 aliphatic carbocycles. The van der Waals surface area contributed by atoms with Crippen molar-refractivity contribution >= 4 is 40.1 Å². The Bertz CT molecular complexity index is 1580. The lowest BCUT2D eigenvalue weighted by atomic mass is 10.1. The molecule has 0 radical (unpaired) electrons. The maximum Gasteiger partial charge on any atom is 0.332 e. The summed E-state index contributed by atoms with van der Waals surface area (Å²) in [6.45, 7) is 1.87. The molecule has 0 saturated heterocycles. The first-order chi connectivity index (χ1) is 16.2. The number of rotatable bonds is 6. The van der Waals surface area contributed by atoms with Gasteiger partial charge in [0.05, 0.1) is 17.2 Å². The van der Waals surface area contributed by atoms with Gasteiger partial charge in [-0.25, -0.2) is 10.2 Å². The molecule has 0 bridgehead atoms. The van der Waals surface area contributed by atoms with E-state index in [4.69, 9.17) is 11.6 Å². The van der Waals surface area contributed by atoms with Crippen LogP contribution < -0.4 is 16.7 Å². The molecule has 174 valence electrons. The van der Waals surface area contributed by atoms with Gasteiger partial charge in [0.1, 0.15) is 0 Å². The Morgan fingerprint density at radius 2 is 1.88 bits per heavy atom. The number of nitro groups is 1. The van der Waals surface area contributed by atoms with Gasteiger partial charge in [0, 0.05) is 36.8 Å². The van der Waals surface area contributed by atoms with Crippen molar-refractivity contribution in [1.82, 2.24) is 18.7 Å². The Morgan fingerprint density at radius 3 is 2.59 bits per heavy atom. The van der Waals surface area contributed by atoms with Crippen molar-refractivity contribution in [3.05, 3.63) is 95.6 Å². The molecule has 0 atom stereocenters. The Balaban J connectivity index is 1.85. The van der Waals surface area contributed by atoms with Crippen molar-refractivity contribution in [3.63, 3.8) is 0 Å². The van der Waals surface area contributed by atoms with Crippen LogP contribution in [0.2, 0.25) is 5.02 Å². The third-order valence-corrected chi connectivity index (χ3v) is 5.80. The summed E-state index contributed by atoms with van der Waals surface area (Å²) in [5, 5.41) is 15.9. The highest BCUT2D eigenvalue weighted by Gasteiger charge is 2.20. The fourth-order valence-electron chi connectivity index (χ4n) is 3.53. The van der Waals surface area contributed by atoms with Crippen molar-refractivity contribution in [3.8, 4) is 0 Å². The minimum absolute atomic E-state index is 0.0588. The van der Waals surface area contributed by atoms with E-state index in [0.717, 1.165) is 10.1 Å². The van der Waals surface area contributed by atoms with Crippen LogP contribution in [0.15, 0.2) is 63.2 Å². The van der Waals surface area contributed by atoms with Crippen molar-refractivity contribution in [1.29, 1.82) is 0 Å². The van der Waals surface area contributed by atoms with Crippen LogP contribution in [-0.4, -0.2) is 29.3 Å². The van der Waals surface area contributed by atoms with Gasteiger partial charge in [0.2, 0.25) is 5.95 Å². The van der Waals surface area contributed by atoms with Gasteiger partial charge in [0.15, 0.2) is 11.2 Å². The van der Waals surface area contributed by atoms with Crippen LogP contribution in [0, 0.1) is 10.1 Å². The number of aromatic nitrogens is 4. The SMILES string of the molecule is C/C(=N/Nc1nc2c(c(=O)n(C)c(=O)n2C)n1Cc1ccccc1Cl)c1cccc([N+](=O)[O-])c1. The summed E-state index contributed by atoms with van der Waals surface area (Å²) in [6.07, 6.45) is 0. The third kappa shape index (κ3) is 4.08. The Morgan fingerprint density at radius 1 is 1.15 bits per heavy atom. The number of aryl methyl sites for hydroxylation is 1. The van der Waals surface area contributed by atoms with Crippen LogP contribution in [0.5, 0.6) is 0 Å². The fourth-order valence-corrected chi connectivity index (χ4v) is 3.72. The Labute approximate surface area is 197 Å². The van der Waals surface area contributed by atoms with Crippen LogP contribution in [0.3, 0.4) is 0 Å². The van der Waals surface area contributed by atoms with Gasteiger partial charge in [-0.1, -0.05) is 41.9 Å². The standard InChI is InChI=1S/C22H20ClN7O4/c1-13(14-8-6-9-16(11-14)30(33)34)25-26-21-24-19-18(20(31)28(3)22(32)27(19)2)29(21)12-15-7-4-5-10-17(15)23/h4-11H,12H2,1-3H3,(H,24,26)/b25-13-. The number of imidazole rings is 1. The molecular weight excluding hydrogens is 462 g/mol. The number of hydrazone groups is 1. The normalized spacial score (nSPS) is 11.7. The van der Waals surface area contributed by atoms with Crippen LogP contribution in [0.4, 0.5) is 11.6 Å². The highest BCUT2D eigenvalue weighted by Crippen LogP contribution is 2.22. The highest BCUT2D eigenvalue weighted by atomic mass is 35.5. The summed E-state index contributed by atoms with van der Waals surface area (Å²) in [5.74, 6) is 0.206. The molecule has 2 heterocycles. The average Bonchev–Trinajstić information content (AvgIpc) is 3.19. The van der Waals surface area contributed by atoms with E-state index in [2.05, 4.69) is 15.5 Å². The van der Waals surface area contributed by atoms with Crippen LogP contribution in [0.25, 0.3) is 11.2 Å². The molecule has 0 fully saturated rings. The quantitative estimate of drug-likeness (QED) is 0.256. The summed E-state index contributed by atoms with van der Waals surface area (Å²) >= 11 is 6.34. The zero-order valence-corrected chi connectivity index (χ0v) is 19.3. The predicted octanol–water partition coefficient (Wildman–Crippen LogP) is 2.88. The molecule has 34 heavy (non-hydrogen) atoms. The van der Waals surface area contributed by atoms with Crippen LogP contribution in [-0.2, 0) is 20.6 Å². The van der Waals surface area contributed by atoms with Gasteiger partial charge in [-0.15, -0.1) is 0 Å². The molecule has 1 N–H and O–H groups in total. The van der Waals surface area contributed by atoms with E-state index in [1.165, 1.54) is 30.8 Å². The molecule has 0 aliphatic rings. The van der Waals surface area contributed by atoms with Gasteiger partial charge in [-0.05, 0) is 18.6 Å². The predicted molar refractivity (Wildman–Crippen MR) is 130 cm³/mol. The van der Waals surface area contributed by atoms with E-state index in [-0.39, 0.29) is 29.3 Å². The number of benzene rings is 2. The molecule has 0 unspecified atom stereocenters. The van der Waals surface area contributed by atoms with Gasteiger partial charge in [0.25, 0.3) is 11.2 Å². The molecule has 0 saturated carbocycles. The van der Waals surface area contributed by atoms with Crippen molar-refractivity contribution in [2.75, 3.05) is 5.43 Å². The van der Waals surface area contributed by atoms with E-state index < -0.39 is 16.2 Å². The molecule has 0 spiro atoms. The number of nitrogens with zero attached hydrogens (tertiary/aromatic N) is 6. The Kier molecular flexibility index (Phi) is 6.03. The minimum Gasteiger partial charge on any atom is -0.298 e. The number of nitro benzene ring substituents is 1. The topological polar surface area (TPSA) is 129 Å². The fraction of sp³-hybridized carbons (Fsp3) is 0.182. The van der Waals surface area contributed by atoms with E-state index in [9.17, 15) is 19.7 Å². The summed E-state index contributed by atoms with van der Waals surface area (Å²) in [7, 11) is 2.92. The number of halogens is 1.